The zero-order chi connectivity index (χ0) is 12.8. The second-order valence-electron chi connectivity index (χ2n) is 5.75. The third-order valence-electron chi connectivity index (χ3n) is 4.79. The Balaban J connectivity index is 1.88. The number of benzene rings is 1. The first-order valence-electron chi connectivity index (χ1n) is 7.27. The van der Waals surface area contributed by atoms with Gasteiger partial charge in [-0.05, 0) is 43.5 Å². The summed E-state index contributed by atoms with van der Waals surface area (Å²) < 4.78 is 5.57. The smallest absolute Gasteiger partial charge is 0.128 e. The van der Waals surface area contributed by atoms with Crippen LogP contribution in [0, 0.1) is 0 Å². The zero-order valence-electron chi connectivity index (χ0n) is 11.4. The number of aromatic amines is 1. The Morgan fingerprint density at radius 3 is 3.16 bits per heavy atom. The van der Waals surface area contributed by atoms with Gasteiger partial charge >= 0.3 is 0 Å². The first-order chi connectivity index (χ1) is 9.36. The van der Waals surface area contributed by atoms with Crippen LogP contribution in [0.3, 0.4) is 0 Å². The molecule has 100 valence electrons. The second-order valence-corrected chi connectivity index (χ2v) is 5.75. The maximum Gasteiger partial charge on any atom is 0.128 e. The second kappa shape index (κ2) is 4.27. The van der Waals surface area contributed by atoms with Crippen LogP contribution in [0.4, 0.5) is 0 Å². The van der Waals surface area contributed by atoms with Crippen molar-refractivity contribution in [3.63, 3.8) is 0 Å². The number of H-pyrrole nitrogens is 1. The number of aromatic nitrogens is 1. The van der Waals surface area contributed by atoms with Crippen molar-refractivity contribution in [1.29, 1.82) is 0 Å². The molecule has 1 aromatic heterocycles. The van der Waals surface area contributed by atoms with E-state index in [1.807, 2.05) is 0 Å². The summed E-state index contributed by atoms with van der Waals surface area (Å²) in [5.41, 5.74) is 4.16. The maximum absolute atomic E-state index is 5.57. The van der Waals surface area contributed by atoms with Crippen LogP contribution >= 0.6 is 0 Å². The van der Waals surface area contributed by atoms with Crippen LogP contribution in [0.15, 0.2) is 18.2 Å². The van der Waals surface area contributed by atoms with E-state index in [-0.39, 0.29) is 0 Å². The van der Waals surface area contributed by atoms with E-state index in [0.717, 1.165) is 18.2 Å². The lowest BCUT2D eigenvalue weighted by Crippen LogP contribution is -2.30. The van der Waals surface area contributed by atoms with Gasteiger partial charge < -0.3 is 9.72 Å². The quantitative estimate of drug-likeness (QED) is 0.849. The molecule has 1 N–H and O–H groups in total. The predicted octanol–water partition coefficient (Wildman–Crippen LogP) is 2.74. The monoisotopic (exact) mass is 256 g/mol. The number of fused-ring (bicyclic) bond motifs is 4. The summed E-state index contributed by atoms with van der Waals surface area (Å²) >= 11 is 0. The van der Waals surface area contributed by atoms with Crippen molar-refractivity contribution in [3.8, 4) is 5.75 Å². The fourth-order valence-electron chi connectivity index (χ4n) is 3.86. The minimum atomic E-state index is 0.741. The van der Waals surface area contributed by atoms with Gasteiger partial charge in [0.1, 0.15) is 5.75 Å². The molecule has 0 bridgehead atoms. The Labute approximate surface area is 113 Å². The first kappa shape index (κ1) is 11.4. The van der Waals surface area contributed by atoms with Crippen LogP contribution in [0.1, 0.15) is 24.1 Å². The summed E-state index contributed by atoms with van der Waals surface area (Å²) in [5.74, 6) is 1.02. The highest BCUT2D eigenvalue weighted by Gasteiger charge is 2.30. The van der Waals surface area contributed by atoms with Crippen molar-refractivity contribution in [1.82, 2.24) is 9.88 Å². The van der Waals surface area contributed by atoms with Crippen LogP contribution in [0.2, 0.25) is 0 Å². The number of nitrogens with zero attached hydrogens (tertiary/aromatic N) is 1. The topological polar surface area (TPSA) is 28.3 Å². The number of rotatable bonds is 1. The van der Waals surface area contributed by atoms with Crippen molar-refractivity contribution < 1.29 is 4.74 Å². The Kier molecular flexibility index (Phi) is 2.55. The third-order valence-corrected chi connectivity index (χ3v) is 4.79. The summed E-state index contributed by atoms with van der Waals surface area (Å²) in [5, 5.41) is 1.31. The highest BCUT2D eigenvalue weighted by molar-refractivity contribution is 5.90. The van der Waals surface area contributed by atoms with Crippen LogP contribution < -0.4 is 4.74 Å². The number of methoxy groups -OCH3 is 1. The fourth-order valence-corrected chi connectivity index (χ4v) is 3.86. The summed E-state index contributed by atoms with van der Waals surface area (Å²) in [7, 11) is 1.77. The largest absolute Gasteiger partial charge is 0.496 e. The van der Waals surface area contributed by atoms with Gasteiger partial charge in [0.15, 0.2) is 0 Å². The van der Waals surface area contributed by atoms with E-state index < -0.39 is 0 Å². The van der Waals surface area contributed by atoms with Gasteiger partial charge in [-0.3, -0.25) is 4.90 Å². The van der Waals surface area contributed by atoms with Gasteiger partial charge in [-0.15, -0.1) is 0 Å². The molecule has 0 saturated carbocycles. The molecule has 0 spiro atoms. The maximum atomic E-state index is 5.57. The summed E-state index contributed by atoms with van der Waals surface area (Å²) in [6, 6.07) is 7.05. The van der Waals surface area contributed by atoms with Crippen LogP contribution in [0.5, 0.6) is 5.75 Å². The molecule has 2 aliphatic rings. The van der Waals surface area contributed by atoms with Crippen LogP contribution in [0.25, 0.3) is 10.9 Å². The molecule has 3 nitrogen and oxygen atoms in total. The van der Waals surface area contributed by atoms with E-state index in [0.29, 0.717) is 0 Å². The molecule has 0 radical (unpaired) electrons. The third kappa shape index (κ3) is 1.68. The van der Waals surface area contributed by atoms with E-state index in [2.05, 4.69) is 28.1 Å². The molecular formula is C16H20N2O. The standard InChI is InChI=1S/C16H20N2O/c1-19-15-6-2-5-14-16(15)12-10-11-4-3-8-18(11)9-7-13(12)17-14/h2,5-6,11,17H,3-4,7-10H2,1H3/t11-/m0/s1. The highest BCUT2D eigenvalue weighted by Crippen LogP contribution is 2.36. The van der Waals surface area contributed by atoms with E-state index in [1.54, 1.807) is 7.11 Å². The Bertz CT molecular complexity index is 616. The minimum Gasteiger partial charge on any atom is -0.496 e. The van der Waals surface area contributed by atoms with Gasteiger partial charge in [-0.25, -0.2) is 0 Å². The predicted molar refractivity (Wildman–Crippen MR) is 76.9 cm³/mol. The molecule has 4 rings (SSSR count). The Morgan fingerprint density at radius 1 is 1.32 bits per heavy atom. The summed E-state index contributed by atoms with van der Waals surface area (Å²) in [4.78, 5) is 6.28. The van der Waals surface area contributed by atoms with Crippen molar-refractivity contribution in [2.75, 3.05) is 20.2 Å². The Morgan fingerprint density at radius 2 is 2.26 bits per heavy atom. The zero-order valence-corrected chi connectivity index (χ0v) is 11.4. The lowest BCUT2D eigenvalue weighted by molar-refractivity contribution is 0.263. The average Bonchev–Trinajstić information content (AvgIpc) is 2.98. The van der Waals surface area contributed by atoms with E-state index in [9.17, 15) is 0 Å². The molecule has 1 saturated heterocycles. The van der Waals surface area contributed by atoms with Crippen LogP contribution in [-0.4, -0.2) is 36.1 Å². The molecule has 2 aliphatic heterocycles. The fraction of sp³-hybridized carbons (Fsp3) is 0.500. The number of hydrogen-bond donors (Lipinski definition) is 1. The first-order valence-corrected chi connectivity index (χ1v) is 7.27. The SMILES string of the molecule is COc1cccc2[nH]c3c(c12)C[C@@H]1CCCN1CC3. The molecule has 3 heterocycles. The molecule has 2 aromatic rings. The van der Waals surface area contributed by atoms with Crippen molar-refractivity contribution in [2.24, 2.45) is 0 Å². The van der Waals surface area contributed by atoms with E-state index >= 15 is 0 Å². The number of ether oxygens (including phenoxy) is 1. The van der Waals surface area contributed by atoms with Gasteiger partial charge in [0.25, 0.3) is 0 Å². The molecule has 0 aliphatic carbocycles. The van der Waals surface area contributed by atoms with Gasteiger partial charge in [-0.1, -0.05) is 6.07 Å². The lowest BCUT2D eigenvalue weighted by atomic mass is 10.0. The van der Waals surface area contributed by atoms with Crippen molar-refractivity contribution in [3.05, 3.63) is 29.5 Å². The van der Waals surface area contributed by atoms with Gasteiger partial charge in [0.05, 0.1) is 7.11 Å². The molecule has 19 heavy (non-hydrogen) atoms. The van der Waals surface area contributed by atoms with Gasteiger partial charge in [0, 0.05) is 35.6 Å². The van der Waals surface area contributed by atoms with E-state index in [1.165, 1.54) is 54.5 Å². The normalized spacial score (nSPS) is 23.1. The molecular weight excluding hydrogens is 236 g/mol. The molecule has 0 unspecified atom stereocenters. The summed E-state index contributed by atoms with van der Waals surface area (Å²) in [6.07, 6.45) is 5.03. The lowest BCUT2D eigenvalue weighted by Gasteiger charge is -2.21. The van der Waals surface area contributed by atoms with Crippen molar-refractivity contribution in [2.45, 2.75) is 31.7 Å². The molecule has 0 amide bonds. The molecule has 1 fully saturated rings. The number of hydrogen-bond acceptors (Lipinski definition) is 2. The molecule has 1 aromatic carbocycles. The molecule has 1 atom stereocenters. The molecule has 3 heteroatoms. The average molecular weight is 256 g/mol. The number of nitrogens with one attached hydrogen (secondary N) is 1. The van der Waals surface area contributed by atoms with E-state index in [4.69, 9.17) is 4.74 Å². The van der Waals surface area contributed by atoms with Crippen molar-refractivity contribution >= 4 is 10.9 Å². The summed E-state index contributed by atoms with van der Waals surface area (Å²) in [6.45, 7) is 2.48. The van der Waals surface area contributed by atoms with Gasteiger partial charge in [0.2, 0.25) is 0 Å². The Hall–Kier alpha value is -1.48. The van der Waals surface area contributed by atoms with Gasteiger partial charge in [-0.2, -0.15) is 0 Å². The van der Waals surface area contributed by atoms with Crippen LogP contribution in [-0.2, 0) is 12.8 Å². The minimum absolute atomic E-state index is 0.741. The highest BCUT2D eigenvalue weighted by atomic mass is 16.5.